The molecule has 3 aliphatic carbocycles. The molecular formula is C20H28O3. The third-order valence-corrected chi connectivity index (χ3v) is 7.20. The number of ether oxygens (including phenoxy) is 2. The van der Waals surface area contributed by atoms with Crippen molar-refractivity contribution in [3.05, 3.63) is 23.3 Å². The molecule has 1 N–H and O–H groups in total. The molecule has 2 saturated carbocycles. The van der Waals surface area contributed by atoms with Gasteiger partial charge in [0.15, 0.2) is 11.5 Å². The molecule has 0 aliphatic heterocycles. The molecule has 0 spiro atoms. The van der Waals surface area contributed by atoms with Crippen molar-refractivity contribution >= 4 is 0 Å². The van der Waals surface area contributed by atoms with Crippen molar-refractivity contribution in [3.8, 4) is 11.5 Å². The zero-order valence-electron chi connectivity index (χ0n) is 14.5. The highest BCUT2D eigenvalue weighted by Crippen LogP contribution is 2.61. The van der Waals surface area contributed by atoms with Crippen molar-refractivity contribution in [2.75, 3.05) is 14.2 Å². The van der Waals surface area contributed by atoms with Crippen LogP contribution in [0.25, 0.3) is 0 Å². The molecule has 3 aliphatic rings. The van der Waals surface area contributed by atoms with E-state index in [1.165, 1.54) is 30.4 Å². The molecule has 5 unspecified atom stereocenters. The summed E-state index contributed by atoms with van der Waals surface area (Å²) in [6, 6.07) is 4.33. The smallest absolute Gasteiger partial charge is 0.164 e. The summed E-state index contributed by atoms with van der Waals surface area (Å²) >= 11 is 0. The van der Waals surface area contributed by atoms with Crippen LogP contribution < -0.4 is 9.47 Å². The molecule has 126 valence electrons. The van der Waals surface area contributed by atoms with Crippen LogP contribution in [0.2, 0.25) is 0 Å². The topological polar surface area (TPSA) is 38.7 Å². The van der Waals surface area contributed by atoms with E-state index in [1.807, 2.05) is 0 Å². The van der Waals surface area contributed by atoms with Crippen LogP contribution in [-0.2, 0) is 6.42 Å². The first kappa shape index (κ1) is 15.3. The first-order valence-corrected chi connectivity index (χ1v) is 9.02. The lowest BCUT2D eigenvalue weighted by Gasteiger charge is -2.50. The largest absolute Gasteiger partial charge is 0.493 e. The van der Waals surface area contributed by atoms with Gasteiger partial charge in [-0.15, -0.1) is 0 Å². The summed E-state index contributed by atoms with van der Waals surface area (Å²) in [6.07, 6.45) is 6.71. The minimum absolute atomic E-state index is 0.0970. The Labute approximate surface area is 139 Å². The fourth-order valence-electron chi connectivity index (χ4n) is 5.97. The fourth-order valence-corrected chi connectivity index (χ4v) is 5.97. The van der Waals surface area contributed by atoms with Crippen LogP contribution in [0.15, 0.2) is 12.1 Å². The van der Waals surface area contributed by atoms with Gasteiger partial charge in [0.25, 0.3) is 0 Å². The van der Waals surface area contributed by atoms with E-state index in [-0.39, 0.29) is 11.5 Å². The molecule has 1 aromatic carbocycles. The summed E-state index contributed by atoms with van der Waals surface area (Å²) in [5, 5.41) is 10.5. The van der Waals surface area contributed by atoms with Gasteiger partial charge in [-0.3, -0.25) is 0 Å². The van der Waals surface area contributed by atoms with Crippen molar-refractivity contribution in [2.24, 2.45) is 17.3 Å². The molecule has 3 nitrogen and oxygen atoms in total. The van der Waals surface area contributed by atoms with Gasteiger partial charge in [0.1, 0.15) is 0 Å². The predicted molar refractivity (Wildman–Crippen MR) is 90.2 cm³/mol. The maximum atomic E-state index is 10.5. The Morgan fingerprint density at radius 3 is 2.65 bits per heavy atom. The summed E-state index contributed by atoms with van der Waals surface area (Å²) in [4.78, 5) is 0. The zero-order chi connectivity index (χ0) is 16.2. The summed E-state index contributed by atoms with van der Waals surface area (Å²) in [5.74, 6) is 3.81. The van der Waals surface area contributed by atoms with Gasteiger partial charge >= 0.3 is 0 Å². The van der Waals surface area contributed by atoms with Crippen LogP contribution in [0.3, 0.4) is 0 Å². The average molecular weight is 316 g/mol. The highest BCUT2D eigenvalue weighted by atomic mass is 16.5. The molecule has 5 atom stereocenters. The van der Waals surface area contributed by atoms with E-state index in [0.717, 1.165) is 36.7 Å². The molecule has 1 aromatic rings. The van der Waals surface area contributed by atoms with Crippen LogP contribution in [0, 0.1) is 17.3 Å². The third-order valence-electron chi connectivity index (χ3n) is 7.20. The van der Waals surface area contributed by atoms with E-state index >= 15 is 0 Å². The minimum Gasteiger partial charge on any atom is -0.493 e. The van der Waals surface area contributed by atoms with Crippen LogP contribution in [0.4, 0.5) is 0 Å². The normalized spacial score (nSPS) is 38.4. The lowest BCUT2D eigenvalue weighted by molar-refractivity contribution is -0.0227. The molecule has 3 heteroatoms. The van der Waals surface area contributed by atoms with Crippen molar-refractivity contribution < 1.29 is 14.6 Å². The second kappa shape index (κ2) is 5.41. The van der Waals surface area contributed by atoms with Gasteiger partial charge in [0.2, 0.25) is 0 Å². The van der Waals surface area contributed by atoms with Crippen molar-refractivity contribution in [2.45, 2.75) is 57.5 Å². The number of benzene rings is 1. The number of hydrogen-bond acceptors (Lipinski definition) is 3. The number of fused-ring (bicyclic) bond motifs is 5. The number of hydrogen-bond donors (Lipinski definition) is 1. The van der Waals surface area contributed by atoms with E-state index in [4.69, 9.17) is 9.47 Å². The van der Waals surface area contributed by atoms with Gasteiger partial charge in [0, 0.05) is 5.56 Å². The first-order valence-electron chi connectivity index (χ1n) is 9.02. The standard InChI is InChI=1S/C20H28O3/c1-20-11-10-13-12-6-8-17(22-2)19(23-3)15(12)5-4-14(13)16(20)7-9-18(20)21/h6,8,13-14,16,18,21H,4-5,7,9-11H2,1-3H3. The Hall–Kier alpha value is -1.22. The summed E-state index contributed by atoms with van der Waals surface area (Å²) < 4.78 is 11.2. The van der Waals surface area contributed by atoms with Gasteiger partial charge in [-0.25, -0.2) is 0 Å². The van der Waals surface area contributed by atoms with E-state index in [2.05, 4.69) is 19.1 Å². The molecule has 23 heavy (non-hydrogen) atoms. The molecular weight excluding hydrogens is 288 g/mol. The monoisotopic (exact) mass is 316 g/mol. The Kier molecular flexibility index (Phi) is 3.60. The second-order valence-corrected chi connectivity index (χ2v) is 7.92. The van der Waals surface area contributed by atoms with Gasteiger partial charge in [-0.1, -0.05) is 13.0 Å². The number of rotatable bonds is 2. The summed E-state index contributed by atoms with van der Waals surface area (Å²) in [6.45, 7) is 2.33. The van der Waals surface area contributed by atoms with Gasteiger partial charge in [-0.05, 0) is 73.3 Å². The lowest BCUT2D eigenvalue weighted by Crippen LogP contribution is -2.43. The Morgan fingerprint density at radius 2 is 1.91 bits per heavy atom. The lowest BCUT2D eigenvalue weighted by atomic mass is 9.55. The molecule has 0 amide bonds. The van der Waals surface area contributed by atoms with Crippen LogP contribution in [-0.4, -0.2) is 25.4 Å². The molecule has 2 fully saturated rings. The maximum absolute atomic E-state index is 10.5. The van der Waals surface area contributed by atoms with Gasteiger partial charge in [-0.2, -0.15) is 0 Å². The zero-order valence-corrected chi connectivity index (χ0v) is 14.5. The molecule has 0 bridgehead atoms. The molecule has 0 radical (unpaired) electrons. The van der Waals surface area contributed by atoms with E-state index in [9.17, 15) is 5.11 Å². The van der Waals surface area contributed by atoms with Crippen LogP contribution >= 0.6 is 0 Å². The molecule has 0 saturated heterocycles. The van der Waals surface area contributed by atoms with Gasteiger partial charge in [0.05, 0.1) is 20.3 Å². The van der Waals surface area contributed by atoms with Crippen molar-refractivity contribution in [3.63, 3.8) is 0 Å². The third kappa shape index (κ3) is 2.05. The average Bonchev–Trinajstić information content (AvgIpc) is 2.88. The Bertz CT molecular complexity index is 611. The number of aliphatic hydroxyl groups is 1. The Balaban J connectivity index is 1.73. The first-order chi connectivity index (χ1) is 11.1. The number of methoxy groups -OCH3 is 2. The van der Waals surface area contributed by atoms with Crippen LogP contribution in [0.5, 0.6) is 11.5 Å². The fraction of sp³-hybridized carbons (Fsp3) is 0.700. The quantitative estimate of drug-likeness (QED) is 0.899. The van der Waals surface area contributed by atoms with E-state index in [1.54, 1.807) is 14.2 Å². The van der Waals surface area contributed by atoms with Crippen molar-refractivity contribution in [1.82, 2.24) is 0 Å². The van der Waals surface area contributed by atoms with Crippen molar-refractivity contribution in [1.29, 1.82) is 0 Å². The molecule has 0 heterocycles. The highest BCUT2D eigenvalue weighted by Gasteiger charge is 2.54. The number of aliphatic hydroxyl groups excluding tert-OH is 1. The Morgan fingerprint density at radius 1 is 1.09 bits per heavy atom. The van der Waals surface area contributed by atoms with Crippen LogP contribution in [0.1, 0.15) is 56.1 Å². The second-order valence-electron chi connectivity index (χ2n) is 7.92. The van der Waals surface area contributed by atoms with Gasteiger partial charge < -0.3 is 14.6 Å². The molecule has 4 rings (SSSR count). The minimum atomic E-state index is -0.0970. The summed E-state index contributed by atoms with van der Waals surface area (Å²) in [5.41, 5.74) is 2.98. The molecule has 0 aromatic heterocycles. The SMILES string of the molecule is COc1ccc2c(c1OC)CCC1C2CCC2(C)C(O)CCC12. The summed E-state index contributed by atoms with van der Waals surface area (Å²) in [7, 11) is 3.46. The predicted octanol–water partition coefficient (Wildman–Crippen LogP) is 3.92. The maximum Gasteiger partial charge on any atom is 0.164 e. The van der Waals surface area contributed by atoms with E-state index in [0.29, 0.717) is 11.8 Å². The highest BCUT2D eigenvalue weighted by molar-refractivity contribution is 5.53. The van der Waals surface area contributed by atoms with E-state index < -0.39 is 0 Å².